The molecule has 1 amide bonds. The van der Waals surface area contributed by atoms with Gasteiger partial charge in [0.25, 0.3) is 0 Å². The minimum Gasteiger partial charge on any atom is -0.494 e. The van der Waals surface area contributed by atoms with E-state index in [0.29, 0.717) is 22.2 Å². The number of sulfonamides is 1. The zero-order valence-electron chi connectivity index (χ0n) is 20.0. The third-order valence-electron chi connectivity index (χ3n) is 5.25. The van der Waals surface area contributed by atoms with E-state index in [0.717, 1.165) is 0 Å². The zero-order valence-corrected chi connectivity index (χ0v) is 21.6. The van der Waals surface area contributed by atoms with Gasteiger partial charge in [0.15, 0.2) is 5.82 Å². The van der Waals surface area contributed by atoms with Crippen molar-refractivity contribution in [2.45, 2.75) is 31.1 Å². The smallest absolute Gasteiger partial charge is 0.243 e. The van der Waals surface area contributed by atoms with Crippen LogP contribution in [-0.2, 0) is 26.0 Å². The molecule has 15 heteroatoms. The van der Waals surface area contributed by atoms with Crippen LogP contribution in [0, 0.1) is 0 Å². The highest BCUT2D eigenvalue weighted by atomic mass is 35.5. The zero-order chi connectivity index (χ0) is 26.5. The summed E-state index contributed by atoms with van der Waals surface area (Å²) in [5.41, 5.74) is 5.65. The Balaban J connectivity index is 2.07. The molecule has 0 aliphatic rings. The van der Waals surface area contributed by atoms with Crippen molar-refractivity contribution < 1.29 is 27.4 Å². The van der Waals surface area contributed by atoms with E-state index in [4.69, 9.17) is 31.5 Å². The summed E-state index contributed by atoms with van der Waals surface area (Å²) in [7, 11) is 0.0936. The molecule has 3 rings (SSSR count). The Bertz CT molecular complexity index is 1290. The van der Waals surface area contributed by atoms with Gasteiger partial charge >= 0.3 is 0 Å². The van der Waals surface area contributed by atoms with E-state index in [1.807, 2.05) is 0 Å². The van der Waals surface area contributed by atoms with Crippen LogP contribution in [0.25, 0.3) is 5.69 Å². The first-order valence-corrected chi connectivity index (χ1v) is 12.5. The van der Waals surface area contributed by atoms with Crippen LogP contribution >= 0.6 is 11.6 Å². The molecule has 2 atom stereocenters. The summed E-state index contributed by atoms with van der Waals surface area (Å²) in [6.07, 6.45) is 1.71. The number of nitrogens with zero attached hydrogens (tertiary/aromatic N) is 5. The van der Waals surface area contributed by atoms with E-state index in [-0.39, 0.29) is 30.4 Å². The lowest BCUT2D eigenvalue weighted by molar-refractivity contribution is -0.118. The number of nitrogens with two attached hydrogens (primary N) is 1. The van der Waals surface area contributed by atoms with Gasteiger partial charge in [-0.15, -0.1) is 10.2 Å². The third-order valence-corrected chi connectivity index (χ3v) is 7.14. The number of halogens is 1. The van der Waals surface area contributed by atoms with Crippen LogP contribution in [-0.4, -0.2) is 65.6 Å². The fourth-order valence-electron chi connectivity index (χ4n) is 3.43. The number of carbonyl (C=O) groups is 1. The second-order valence-electron chi connectivity index (χ2n) is 7.52. The lowest BCUT2D eigenvalue weighted by atomic mass is 10.2. The molecule has 0 aliphatic heterocycles. The standard InChI is InChI=1S/C21H26ClN7O6S/c1-12(19(35-4)20-24-10-13(22)11-25-20)36(31,32)28-21-27-26-17(9-8-16(23)30)29(21)18-14(33-2)6-5-7-15(18)34-3/h5-7,10-12,19H,8-9H2,1-4H3,(H2,23,30)(H,27,28). The molecule has 0 radical (unpaired) electrons. The summed E-state index contributed by atoms with van der Waals surface area (Å²) in [4.78, 5) is 19.6. The molecule has 0 fully saturated rings. The SMILES string of the molecule is COc1cccc(OC)c1-n1c(CCC(N)=O)nnc1NS(=O)(=O)C(C)C(OC)c1ncc(Cl)cn1. The van der Waals surface area contributed by atoms with Crippen LogP contribution < -0.4 is 19.9 Å². The van der Waals surface area contributed by atoms with E-state index in [1.54, 1.807) is 18.2 Å². The number of aromatic nitrogens is 5. The van der Waals surface area contributed by atoms with Crippen molar-refractivity contribution in [3.8, 4) is 17.2 Å². The number of primary amides is 1. The van der Waals surface area contributed by atoms with Gasteiger partial charge in [-0.2, -0.15) is 0 Å². The Kier molecular flexibility index (Phi) is 8.66. The maximum atomic E-state index is 13.4. The van der Waals surface area contributed by atoms with Gasteiger partial charge in [0.05, 0.1) is 19.2 Å². The van der Waals surface area contributed by atoms with Crippen molar-refractivity contribution in [1.29, 1.82) is 0 Å². The van der Waals surface area contributed by atoms with Gasteiger partial charge in [0.1, 0.15) is 34.4 Å². The van der Waals surface area contributed by atoms with Gasteiger partial charge in [0, 0.05) is 32.3 Å². The van der Waals surface area contributed by atoms with Crippen molar-refractivity contribution in [3.05, 3.63) is 47.3 Å². The van der Waals surface area contributed by atoms with Gasteiger partial charge in [0.2, 0.25) is 21.9 Å². The molecular formula is C21H26ClN7O6S. The summed E-state index contributed by atoms with van der Waals surface area (Å²) < 4.78 is 47.1. The Morgan fingerprint density at radius 1 is 1.14 bits per heavy atom. The molecule has 0 bridgehead atoms. The Morgan fingerprint density at radius 2 is 1.75 bits per heavy atom. The van der Waals surface area contributed by atoms with E-state index in [9.17, 15) is 13.2 Å². The first-order chi connectivity index (χ1) is 17.1. The second kappa shape index (κ2) is 11.5. The highest BCUT2D eigenvalue weighted by molar-refractivity contribution is 7.93. The molecule has 2 heterocycles. The van der Waals surface area contributed by atoms with Crippen LogP contribution in [0.2, 0.25) is 5.02 Å². The highest BCUT2D eigenvalue weighted by Gasteiger charge is 2.35. The number of hydrogen-bond acceptors (Lipinski definition) is 10. The third kappa shape index (κ3) is 5.83. The molecular weight excluding hydrogens is 514 g/mol. The molecule has 0 spiro atoms. The number of hydrogen-bond donors (Lipinski definition) is 2. The highest BCUT2D eigenvalue weighted by Crippen LogP contribution is 2.36. The molecule has 3 N–H and O–H groups in total. The summed E-state index contributed by atoms with van der Waals surface area (Å²) in [6.45, 7) is 1.44. The predicted octanol–water partition coefficient (Wildman–Crippen LogP) is 1.66. The van der Waals surface area contributed by atoms with Crippen LogP contribution in [0.3, 0.4) is 0 Å². The number of amides is 1. The Labute approximate surface area is 213 Å². The summed E-state index contributed by atoms with van der Waals surface area (Å²) in [5.74, 6) is 0.384. The normalized spacial score (nSPS) is 13.1. The van der Waals surface area contributed by atoms with Gasteiger partial charge < -0.3 is 19.9 Å². The van der Waals surface area contributed by atoms with Crippen LogP contribution in [0.1, 0.15) is 31.1 Å². The number of nitrogens with one attached hydrogen (secondary N) is 1. The molecule has 2 aromatic heterocycles. The lowest BCUT2D eigenvalue weighted by Crippen LogP contribution is -2.33. The van der Waals surface area contributed by atoms with E-state index in [2.05, 4.69) is 24.9 Å². The molecule has 0 saturated heterocycles. The molecule has 0 saturated carbocycles. The Hall–Kier alpha value is -3.49. The van der Waals surface area contributed by atoms with E-state index in [1.165, 1.54) is 45.2 Å². The predicted molar refractivity (Wildman–Crippen MR) is 131 cm³/mol. The van der Waals surface area contributed by atoms with Crippen LogP contribution in [0.4, 0.5) is 5.95 Å². The molecule has 3 aromatic rings. The number of rotatable bonds is 12. The summed E-state index contributed by atoms with van der Waals surface area (Å²) >= 11 is 5.85. The van der Waals surface area contributed by atoms with Crippen molar-refractivity contribution in [2.24, 2.45) is 5.73 Å². The van der Waals surface area contributed by atoms with Gasteiger partial charge in [-0.3, -0.25) is 14.1 Å². The molecule has 2 unspecified atom stereocenters. The first kappa shape index (κ1) is 27.1. The quantitative estimate of drug-likeness (QED) is 0.344. The maximum Gasteiger partial charge on any atom is 0.243 e. The Morgan fingerprint density at radius 3 is 2.28 bits per heavy atom. The molecule has 0 aliphatic carbocycles. The van der Waals surface area contributed by atoms with E-state index >= 15 is 0 Å². The number of methoxy groups -OCH3 is 3. The molecule has 1 aromatic carbocycles. The molecule has 194 valence electrons. The molecule has 36 heavy (non-hydrogen) atoms. The van der Waals surface area contributed by atoms with Gasteiger partial charge in [-0.25, -0.2) is 18.4 Å². The maximum absolute atomic E-state index is 13.4. The number of benzene rings is 1. The minimum atomic E-state index is -4.16. The number of ether oxygens (including phenoxy) is 3. The minimum absolute atomic E-state index is 0.0432. The number of carbonyl (C=O) groups excluding carboxylic acids is 1. The second-order valence-corrected chi connectivity index (χ2v) is 9.99. The van der Waals surface area contributed by atoms with Crippen molar-refractivity contribution >= 4 is 33.5 Å². The van der Waals surface area contributed by atoms with Gasteiger partial charge in [-0.05, 0) is 19.1 Å². The van der Waals surface area contributed by atoms with Crippen LogP contribution in [0.15, 0.2) is 30.6 Å². The first-order valence-electron chi connectivity index (χ1n) is 10.6. The lowest BCUT2D eigenvalue weighted by Gasteiger charge is -2.22. The van der Waals surface area contributed by atoms with Gasteiger partial charge in [-0.1, -0.05) is 17.7 Å². The van der Waals surface area contributed by atoms with E-state index < -0.39 is 27.3 Å². The van der Waals surface area contributed by atoms with Crippen LogP contribution in [0.5, 0.6) is 11.5 Å². The van der Waals surface area contributed by atoms with Crippen molar-refractivity contribution in [1.82, 2.24) is 24.7 Å². The summed E-state index contributed by atoms with van der Waals surface area (Å²) in [6, 6.07) is 5.03. The fraction of sp³-hybridized carbons (Fsp3) is 0.381. The van der Waals surface area contributed by atoms with Crippen molar-refractivity contribution in [3.63, 3.8) is 0 Å². The van der Waals surface area contributed by atoms with Crippen molar-refractivity contribution in [2.75, 3.05) is 26.1 Å². The molecule has 13 nitrogen and oxygen atoms in total. The summed E-state index contributed by atoms with van der Waals surface area (Å²) in [5, 5.41) is 7.25. The number of aryl methyl sites for hydroxylation is 1. The largest absolute Gasteiger partial charge is 0.494 e. The fourth-order valence-corrected chi connectivity index (χ4v) is 4.65. The number of para-hydroxylation sites is 1. The number of anilines is 1. The average molecular weight is 540 g/mol. The monoisotopic (exact) mass is 539 g/mol. The topological polar surface area (TPSA) is 173 Å². The average Bonchev–Trinajstić information content (AvgIpc) is 3.24.